The van der Waals surface area contributed by atoms with Crippen molar-refractivity contribution >= 4 is 46.2 Å². The third-order valence-corrected chi connectivity index (χ3v) is 5.94. The fraction of sp³-hybridized carbons (Fsp3) is 0.200. The molecule has 1 heterocycles. The minimum Gasteiger partial charge on any atom is -0.478 e. The Bertz CT molecular complexity index is 1570. The molecule has 1 atom stereocenters. The zero-order valence-corrected chi connectivity index (χ0v) is 22.3. The molecule has 40 heavy (non-hydrogen) atoms. The SMILES string of the molecule is CC(C)(C)OC(=O)NC(Cc1c[nH]c2ccccc12)C(=O)Nc1ccccc1C(=O)Nc1ccccc1C(=O)O. The van der Waals surface area contributed by atoms with Crippen LogP contribution >= 0.6 is 0 Å². The average Bonchev–Trinajstić information content (AvgIpc) is 3.30. The number of carbonyl (C=O) groups excluding carboxylic acids is 3. The Morgan fingerprint density at radius 1 is 0.850 bits per heavy atom. The predicted octanol–water partition coefficient (Wildman–Crippen LogP) is 5.19. The first-order valence-electron chi connectivity index (χ1n) is 12.6. The van der Waals surface area contributed by atoms with Crippen molar-refractivity contribution in [2.24, 2.45) is 0 Å². The Morgan fingerprint density at radius 2 is 1.45 bits per heavy atom. The first-order chi connectivity index (χ1) is 19.0. The van der Waals surface area contributed by atoms with Crippen molar-refractivity contribution in [3.05, 3.63) is 95.7 Å². The number of H-pyrrole nitrogens is 1. The number of carboxylic acid groups (broad SMARTS) is 1. The highest BCUT2D eigenvalue weighted by molar-refractivity contribution is 6.12. The van der Waals surface area contributed by atoms with Gasteiger partial charge in [-0.15, -0.1) is 0 Å². The summed E-state index contributed by atoms with van der Waals surface area (Å²) < 4.78 is 5.38. The molecule has 0 aliphatic rings. The number of hydrogen-bond donors (Lipinski definition) is 5. The molecule has 3 amide bonds. The number of carboxylic acids is 1. The number of rotatable bonds is 8. The van der Waals surface area contributed by atoms with Gasteiger partial charge >= 0.3 is 12.1 Å². The molecule has 0 aliphatic carbocycles. The van der Waals surface area contributed by atoms with Gasteiger partial charge in [-0.1, -0.05) is 42.5 Å². The molecule has 0 bridgehead atoms. The number of anilines is 2. The molecule has 0 spiro atoms. The largest absolute Gasteiger partial charge is 0.478 e. The fourth-order valence-electron chi connectivity index (χ4n) is 4.16. The van der Waals surface area contributed by atoms with Crippen molar-refractivity contribution in [1.82, 2.24) is 10.3 Å². The van der Waals surface area contributed by atoms with Gasteiger partial charge < -0.3 is 30.8 Å². The maximum Gasteiger partial charge on any atom is 0.408 e. The van der Waals surface area contributed by atoms with E-state index in [-0.39, 0.29) is 28.9 Å². The number of aromatic amines is 1. The quantitative estimate of drug-likeness (QED) is 0.207. The van der Waals surface area contributed by atoms with Crippen molar-refractivity contribution in [2.75, 3.05) is 10.6 Å². The molecule has 10 nitrogen and oxygen atoms in total. The number of fused-ring (bicyclic) bond motifs is 1. The van der Waals surface area contributed by atoms with Crippen molar-refractivity contribution in [2.45, 2.75) is 38.8 Å². The predicted molar refractivity (Wildman–Crippen MR) is 152 cm³/mol. The van der Waals surface area contributed by atoms with Crippen LogP contribution in [0.5, 0.6) is 0 Å². The van der Waals surface area contributed by atoms with Gasteiger partial charge in [0.1, 0.15) is 11.6 Å². The second-order valence-electron chi connectivity index (χ2n) is 10.1. The van der Waals surface area contributed by atoms with E-state index in [4.69, 9.17) is 4.74 Å². The Hall–Kier alpha value is -5.12. The molecule has 0 saturated carbocycles. The average molecular weight is 543 g/mol. The molecule has 0 saturated heterocycles. The van der Waals surface area contributed by atoms with Gasteiger partial charge in [-0.05, 0) is 56.7 Å². The number of aromatic carboxylic acids is 1. The number of benzene rings is 3. The summed E-state index contributed by atoms with van der Waals surface area (Å²) in [7, 11) is 0. The Labute approximate surface area is 230 Å². The van der Waals surface area contributed by atoms with Crippen molar-refractivity contribution in [3.63, 3.8) is 0 Å². The van der Waals surface area contributed by atoms with E-state index in [2.05, 4.69) is 20.9 Å². The van der Waals surface area contributed by atoms with Gasteiger partial charge in [0.2, 0.25) is 5.91 Å². The smallest absolute Gasteiger partial charge is 0.408 e. The molecule has 0 fully saturated rings. The van der Waals surface area contributed by atoms with Crippen LogP contribution in [-0.2, 0) is 16.0 Å². The van der Waals surface area contributed by atoms with Crippen LogP contribution in [0, 0.1) is 0 Å². The van der Waals surface area contributed by atoms with E-state index in [1.165, 1.54) is 18.2 Å². The minimum atomic E-state index is -1.19. The molecule has 5 N–H and O–H groups in total. The molecular weight excluding hydrogens is 512 g/mol. The van der Waals surface area contributed by atoms with Crippen LogP contribution < -0.4 is 16.0 Å². The highest BCUT2D eigenvalue weighted by Gasteiger charge is 2.27. The minimum absolute atomic E-state index is 0.0716. The lowest BCUT2D eigenvalue weighted by atomic mass is 10.0. The van der Waals surface area contributed by atoms with Crippen molar-refractivity contribution in [1.29, 1.82) is 0 Å². The standard InChI is InChI=1S/C30H30N4O6/c1-30(2,3)40-29(39)34-25(16-18-17-31-22-13-7-4-10-19(18)22)27(36)33-23-14-8-5-11-20(23)26(35)32-24-15-9-6-12-21(24)28(37)38/h4-15,17,25,31H,16H2,1-3H3,(H,32,35)(H,33,36)(H,34,39)(H,37,38). The van der Waals surface area contributed by atoms with Gasteiger partial charge in [0.15, 0.2) is 0 Å². The molecule has 3 aromatic carbocycles. The first-order valence-corrected chi connectivity index (χ1v) is 12.6. The van der Waals surface area contributed by atoms with Gasteiger partial charge in [-0.2, -0.15) is 0 Å². The van der Waals surface area contributed by atoms with E-state index in [1.807, 2.05) is 24.3 Å². The van der Waals surface area contributed by atoms with Crippen molar-refractivity contribution < 1.29 is 29.0 Å². The number of aromatic nitrogens is 1. The van der Waals surface area contributed by atoms with Crippen molar-refractivity contribution in [3.8, 4) is 0 Å². The van der Waals surface area contributed by atoms with Crippen LogP contribution in [0.4, 0.5) is 16.2 Å². The van der Waals surface area contributed by atoms with E-state index >= 15 is 0 Å². The monoisotopic (exact) mass is 542 g/mol. The molecule has 1 unspecified atom stereocenters. The normalized spacial score (nSPS) is 11.9. The van der Waals surface area contributed by atoms with Crippen LogP contribution in [0.15, 0.2) is 79.0 Å². The molecule has 4 aromatic rings. The Kier molecular flexibility index (Phi) is 8.18. The number of hydrogen-bond acceptors (Lipinski definition) is 5. The second-order valence-corrected chi connectivity index (χ2v) is 10.1. The second kappa shape index (κ2) is 11.7. The number of carbonyl (C=O) groups is 4. The topological polar surface area (TPSA) is 150 Å². The summed E-state index contributed by atoms with van der Waals surface area (Å²) in [5.74, 6) is -2.37. The Morgan fingerprint density at radius 3 is 2.12 bits per heavy atom. The van der Waals surface area contributed by atoms with Crippen LogP contribution in [0.2, 0.25) is 0 Å². The summed E-state index contributed by atoms with van der Waals surface area (Å²) in [6.45, 7) is 5.16. The van der Waals surface area contributed by atoms with Crippen LogP contribution in [0.25, 0.3) is 10.9 Å². The molecule has 10 heteroatoms. The first kappa shape index (κ1) is 27.9. The molecule has 1 aromatic heterocycles. The lowest BCUT2D eigenvalue weighted by Crippen LogP contribution is -2.47. The summed E-state index contributed by atoms with van der Waals surface area (Å²) in [4.78, 5) is 54.1. The summed E-state index contributed by atoms with van der Waals surface area (Å²) in [5, 5.41) is 18.3. The van der Waals surface area contributed by atoms with E-state index < -0.39 is 35.5 Å². The van der Waals surface area contributed by atoms with E-state index in [0.717, 1.165) is 16.5 Å². The third-order valence-electron chi connectivity index (χ3n) is 5.94. The number of ether oxygens (including phenoxy) is 1. The fourth-order valence-corrected chi connectivity index (χ4v) is 4.16. The number of nitrogens with one attached hydrogen (secondary N) is 4. The highest BCUT2D eigenvalue weighted by Crippen LogP contribution is 2.22. The van der Waals surface area contributed by atoms with Gasteiger partial charge in [0.05, 0.1) is 22.5 Å². The van der Waals surface area contributed by atoms with E-state index in [9.17, 15) is 24.3 Å². The summed E-state index contributed by atoms with van der Waals surface area (Å²) in [6, 6.07) is 18.9. The van der Waals surface area contributed by atoms with Gasteiger partial charge in [-0.25, -0.2) is 9.59 Å². The zero-order chi connectivity index (χ0) is 28.9. The van der Waals surface area contributed by atoms with Crippen LogP contribution in [-0.4, -0.2) is 45.6 Å². The molecule has 0 aliphatic heterocycles. The van der Waals surface area contributed by atoms with E-state index in [0.29, 0.717) is 0 Å². The van der Waals surface area contributed by atoms with Crippen LogP contribution in [0.3, 0.4) is 0 Å². The van der Waals surface area contributed by atoms with Gasteiger partial charge in [0.25, 0.3) is 5.91 Å². The zero-order valence-electron chi connectivity index (χ0n) is 22.3. The highest BCUT2D eigenvalue weighted by atomic mass is 16.6. The number of alkyl carbamates (subject to hydrolysis) is 1. The third kappa shape index (κ3) is 6.84. The summed E-state index contributed by atoms with van der Waals surface area (Å²) in [5.41, 5.74) is 1.26. The summed E-state index contributed by atoms with van der Waals surface area (Å²) in [6.07, 6.45) is 1.17. The van der Waals surface area contributed by atoms with Gasteiger partial charge in [0, 0.05) is 23.5 Å². The maximum absolute atomic E-state index is 13.6. The number of amides is 3. The van der Waals surface area contributed by atoms with Gasteiger partial charge in [-0.3, -0.25) is 9.59 Å². The number of para-hydroxylation sites is 3. The molecule has 4 rings (SSSR count). The summed E-state index contributed by atoms with van der Waals surface area (Å²) >= 11 is 0. The lowest BCUT2D eigenvalue weighted by molar-refractivity contribution is -0.118. The molecule has 0 radical (unpaired) electrons. The Balaban J connectivity index is 1.59. The molecule has 206 valence electrons. The lowest BCUT2D eigenvalue weighted by Gasteiger charge is -2.23. The molecular formula is C30H30N4O6. The van der Waals surface area contributed by atoms with E-state index in [1.54, 1.807) is 57.3 Å². The van der Waals surface area contributed by atoms with Crippen LogP contribution in [0.1, 0.15) is 47.1 Å². The maximum atomic E-state index is 13.6.